The van der Waals surface area contributed by atoms with Crippen LogP contribution in [0, 0.1) is 5.82 Å². The van der Waals surface area contributed by atoms with E-state index in [1.54, 1.807) is 0 Å². The van der Waals surface area contributed by atoms with Gasteiger partial charge in [0.2, 0.25) is 5.91 Å². The van der Waals surface area contributed by atoms with Crippen molar-refractivity contribution in [1.82, 2.24) is 15.5 Å². The normalized spacial score (nSPS) is 24.2. The number of nitrogens with one attached hydrogen (secondary N) is 2. The second-order valence-electron chi connectivity index (χ2n) is 7.46. The average Bonchev–Trinajstić information content (AvgIpc) is 3.06. The van der Waals surface area contributed by atoms with E-state index in [2.05, 4.69) is 10.6 Å². The smallest absolute Gasteiger partial charge is 0.251 e. The molecule has 9 heteroatoms. The highest BCUT2D eigenvalue weighted by Crippen LogP contribution is 2.27. The van der Waals surface area contributed by atoms with E-state index < -0.39 is 17.6 Å². The van der Waals surface area contributed by atoms with Crippen molar-refractivity contribution in [3.63, 3.8) is 0 Å². The summed E-state index contributed by atoms with van der Waals surface area (Å²) in [5, 5.41) is 6.16. The van der Waals surface area contributed by atoms with Crippen LogP contribution in [-0.4, -0.2) is 54.4 Å². The minimum absolute atomic E-state index is 0.0524. The number of carbonyl (C=O) groups excluding carboxylic acids is 2. The molecule has 0 radical (unpaired) electrons. The third-order valence-corrected chi connectivity index (χ3v) is 5.50. The van der Waals surface area contributed by atoms with E-state index >= 15 is 0 Å². The van der Waals surface area contributed by atoms with Crippen LogP contribution in [0.4, 0.5) is 13.2 Å². The summed E-state index contributed by atoms with van der Waals surface area (Å²) in [6.45, 7) is 0.247. The molecule has 3 rings (SSSR count). The molecule has 154 valence electrons. The molecule has 0 unspecified atom stereocenters. The molecule has 1 aromatic rings. The fourth-order valence-electron chi connectivity index (χ4n) is 3.68. The SMILES string of the molecule is O=C(N[C@H]1CC[C@H](NCC(=O)N2CCC(F)(F)CC2)C1)c1cc(F)cc(Cl)c1. The van der Waals surface area contributed by atoms with Crippen LogP contribution in [0.3, 0.4) is 0 Å². The standard InChI is InChI=1S/C19H23ClF3N3O2/c20-13-7-12(8-14(21)9-13)18(28)25-16-2-1-15(10-16)24-11-17(27)26-5-3-19(22,23)4-6-26/h7-9,15-16,24H,1-6,10-11H2,(H,25,28)/t15-,16-/m0/s1. The Kier molecular flexibility index (Phi) is 6.50. The summed E-state index contributed by atoms with van der Waals surface area (Å²) in [4.78, 5) is 25.9. The highest BCUT2D eigenvalue weighted by atomic mass is 35.5. The average molecular weight is 418 g/mol. The molecule has 2 fully saturated rings. The molecule has 5 nitrogen and oxygen atoms in total. The maximum Gasteiger partial charge on any atom is 0.251 e. The van der Waals surface area contributed by atoms with E-state index in [4.69, 9.17) is 11.6 Å². The van der Waals surface area contributed by atoms with Gasteiger partial charge in [-0.15, -0.1) is 0 Å². The second-order valence-corrected chi connectivity index (χ2v) is 7.89. The molecule has 1 aromatic carbocycles. The number of amides is 2. The third kappa shape index (κ3) is 5.61. The minimum Gasteiger partial charge on any atom is -0.349 e. The quantitative estimate of drug-likeness (QED) is 0.774. The number of carbonyl (C=O) groups is 2. The van der Waals surface area contributed by atoms with Crippen molar-refractivity contribution in [3.05, 3.63) is 34.6 Å². The topological polar surface area (TPSA) is 61.4 Å². The van der Waals surface area contributed by atoms with Crippen LogP contribution in [0.15, 0.2) is 18.2 Å². The van der Waals surface area contributed by atoms with Crippen molar-refractivity contribution < 1.29 is 22.8 Å². The maximum atomic E-state index is 13.4. The fourth-order valence-corrected chi connectivity index (χ4v) is 3.90. The summed E-state index contributed by atoms with van der Waals surface area (Å²) in [6, 6.07) is 3.64. The van der Waals surface area contributed by atoms with Crippen molar-refractivity contribution in [3.8, 4) is 0 Å². The molecule has 2 atom stereocenters. The minimum atomic E-state index is -2.67. The van der Waals surface area contributed by atoms with Crippen LogP contribution in [-0.2, 0) is 4.79 Å². The van der Waals surface area contributed by atoms with Gasteiger partial charge in [-0.2, -0.15) is 0 Å². The molecule has 1 saturated carbocycles. The van der Waals surface area contributed by atoms with E-state index in [-0.39, 0.29) is 61.1 Å². The van der Waals surface area contributed by atoms with Gasteiger partial charge >= 0.3 is 0 Å². The molecule has 2 N–H and O–H groups in total. The predicted molar refractivity (Wildman–Crippen MR) is 99.1 cm³/mol. The largest absolute Gasteiger partial charge is 0.349 e. The Morgan fingerprint density at radius 3 is 2.50 bits per heavy atom. The first-order valence-corrected chi connectivity index (χ1v) is 9.75. The first-order chi connectivity index (χ1) is 13.2. The lowest BCUT2D eigenvalue weighted by molar-refractivity contribution is -0.136. The van der Waals surface area contributed by atoms with Crippen molar-refractivity contribution in [2.75, 3.05) is 19.6 Å². The van der Waals surface area contributed by atoms with Crippen LogP contribution in [0.25, 0.3) is 0 Å². The molecule has 2 amide bonds. The molecule has 1 aliphatic heterocycles. The van der Waals surface area contributed by atoms with E-state index in [1.807, 2.05) is 0 Å². The lowest BCUT2D eigenvalue weighted by Gasteiger charge is -2.32. The van der Waals surface area contributed by atoms with E-state index in [9.17, 15) is 22.8 Å². The molecule has 1 saturated heterocycles. The summed E-state index contributed by atoms with van der Waals surface area (Å²) in [6.07, 6.45) is 1.57. The van der Waals surface area contributed by atoms with E-state index in [0.29, 0.717) is 6.42 Å². The highest BCUT2D eigenvalue weighted by molar-refractivity contribution is 6.31. The van der Waals surface area contributed by atoms with Crippen molar-refractivity contribution >= 4 is 23.4 Å². The van der Waals surface area contributed by atoms with Crippen LogP contribution in [0.5, 0.6) is 0 Å². The number of halogens is 4. The van der Waals surface area contributed by atoms with Gasteiger partial charge in [0, 0.05) is 48.6 Å². The van der Waals surface area contributed by atoms with Gasteiger partial charge in [-0.25, -0.2) is 13.2 Å². The molecule has 1 heterocycles. The van der Waals surface area contributed by atoms with Crippen molar-refractivity contribution in [2.24, 2.45) is 0 Å². The van der Waals surface area contributed by atoms with Gasteiger partial charge in [0.1, 0.15) is 5.82 Å². The van der Waals surface area contributed by atoms with Gasteiger partial charge in [-0.05, 0) is 37.5 Å². The van der Waals surface area contributed by atoms with E-state index in [1.165, 1.54) is 11.0 Å². The van der Waals surface area contributed by atoms with Crippen LogP contribution < -0.4 is 10.6 Å². The van der Waals surface area contributed by atoms with Gasteiger partial charge in [-0.3, -0.25) is 9.59 Å². The predicted octanol–water partition coefficient (Wildman–Crippen LogP) is 2.98. The molecule has 0 spiro atoms. The summed E-state index contributed by atoms with van der Waals surface area (Å²) < 4.78 is 39.7. The lowest BCUT2D eigenvalue weighted by atomic mass is 10.1. The molecular weight excluding hydrogens is 395 g/mol. The Labute approximate surface area is 166 Å². The maximum absolute atomic E-state index is 13.4. The fraction of sp³-hybridized carbons (Fsp3) is 0.579. The lowest BCUT2D eigenvalue weighted by Crippen LogP contribution is -2.47. The zero-order valence-corrected chi connectivity index (χ0v) is 16.1. The number of likely N-dealkylation sites (tertiary alicyclic amines) is 1. The first-order valence-electron chi connectivity index (χ1n) is 9.38. The molecule has 1 aliphatic carbocycles. The number of piperidine rings is 1. The van der Waals surface area contributed by atoms with Crippen LogP contribution in [0.1, 0.15) is 42.5 Å². The molecule has 28 heavy (non-hydrogen) atoms. The highest BCUT2D eigenvalue weighted by Gasteiger charge is 2.35. The molecule has 2 aliphatic rings. The van der Waals surface area contributed by atoms with Gasteiger partial charge in [0.25, 0.3) is 11.8 Å². The zero-order valence-electron chi connectivity index (χ0n) is 15.3. The molecular formula is C19H23ClF3N3O2. The summed E-state index contributed by atoms with van der Waals surface area (Å²) in [7, 11) is 0. The Morgan fingerprint density at radius 2 is 1.82 bits per heavy atom. The number of nitrogens with zero attached hydrogens (tertiary/aromatic N) is 1. The summed E-state index contributed by atoms with van der Waals surface area (Å²) >= 11 is 5.78. The van der Waals surface area contributed by atoms with Crippen LogP contribution >= 0.6 is 11.6 Å². The second kappa shape index (κ2) is 8.69. The van der Waals surface area contributed by atoms with Gasteiger partial charge in [-0.1, -0.05) is 11.6 Å². The number of rotatable bonds is 5. The van der Waals surface area contributed by atoms with Crippen molar-refractivity contribution in [1.29, 1.82) is 0 Å². The Morgan fingerprint density at radius 1 is 1.14 bits per heavy atom. The van der Waals surface area contributed by atoms with Crippen molar-refractivity contribution in [2.45, 2.75) is 50.1 Å². The van der Waals surface area contributed by atoms with Gasteiger partial charge < -0.3 is 15.5 Å². The number of hydrogen-bond donors (Lipinski definition) is 2. The Hall–Kier alpha value is -1.80. The molecule has 0 aromatic heterocycles. The summed E-state index contributed by atoms with van der Waals surface area (Å²) in [5.41, 5.74) is 0.165. The van der Waals surface area contributed by atoms with Gasteiger partial charge in [0.15, 0.2) is 0 Å². The molecule has 0 bridgehead atoms. The van der Waals surface area contributed by atoms with E-state index in [0.717, 1.165) is 25.0 Å². The van der Waals surface area contributed by atoms with Crippen LogP contribution in [0.2, 0.25) is 5.02 Å². The van der Waals surface area contributed by atoms with Gasteiger partial charge in [0.05, 0.1) is 6.54 Å². The summed E-state index contributed by atoms with van der Waals surface area (Å²) in [5.74, 6) is -3.82. The number of alkyl halides is 2. The Balaban J connectivity index is 1.41. The number of benzene rings is 1. The first kappa shape index (κ1) is 20.9. The zero-order chi connectivity index (χ0) is 20.3. The number of hydrogen-bond acceptors (Lipinski definition) is 3. The third-order valence-electron chi connectivity index (χ3n) is 5.28. The monoisotopic (exact) mass is 417 g/mol. The Bertz CT molecular complexity index is 717.